The molecule has 0 saturated carbocycles. The lowest BCUT2D eigenvalue weighted by Crippen LogP contribution is -2.38. The Balaban J connectivity index is 2.33. The first kappa shape index (κ1) is 15.0. The summed E-state index contributed by atoms with van der Waals surface area (Å²) in [5.74, 6) is -0.0707. The first-order chi connectivity index (χ1) is 8.45. The van der Waals surface area contributed by atoms with Crippen molar-refractivity contribution in [3.8, 4) is 0 Å². The van der Waals surface area contributed by atoms with Crippen molar-refractivity contribution in [2.45, 2.75) is 33.2 Å². The second-order valence-electron chi connectivity index (χ2n) is 5.23. The largest absolute Gasteiger partial charge is 0.355 e. The first-order valence-corrected chi connectivity index (χ1v) is 6.71. The second kappa shape index (κ2) is 6.73. The van der Waals surface area contributed by atoms with E-state index in [9.17, 15) is 9.59 Å². The summed E-state index contributed by atoms with van der Waals surface area (Å²) in [6.07, 6.45) is 0.355. The number of likely N-dealkylation sites (N-methyl/N-ethyl adjacent to an activating group) is 1. The number of hydrogen-bond donors (Lipinski definition) is 1. The van der Waals surface area contributed by atoms with Crippen LogP contribution in [0.25, 0.3) is 0 Å². The molecule has 18 heavy (non-hydrogen) atoms. The number of amides is 2. The summed E-state index contributed by atoms with van der Waals surface area (Å²) in [5, 5.41) is 2.91. The quantitative estimate of drug-likeness (QED) is 0.743. The maximum Gasteiger partial charge on any atom is 0.225 e. The maximum absolute atomic E-state index is 11.9. The second-order valence-corrected chi connectivity index (χ2v) is 5.23. The van der Waals surface area contributed by atoms with Crippen molar-refractivity contribution in [3.05, 3.63) is 0 Å². The molecule has 0 unspecified atom stereocenters. The average molecular weight is 255 g/mol. The number of carbonyl (C=O) groups is 2. The lowest BCUT2D eigenvalue weighted by Gasteiger charge is -2.21. The van der Waals surface area contributed by atoms with E-state index in [1.165, 1.54) is 0 Å². The summed E-state index contributed by atoms with van der Waals surface area (Å²) in [4.78, 5) is 27.5. The molecular weight excluding hydrogens is 230 g/mol. The first-order valence-electron chi connectivity index (χ1n) is 6.71. The van der Waals surface area contributed by atoms with E-state index in [0.717, 1.165) is 13.1 Å². The minimum atomic E-state index is -0.174. The van der Waals surface area contributed by atoms with Gasteiger partial charge in [0.05, 0.1) is 5.92 Å². The molecule has 1 saturated heterocycles. The fourth-order valence-corrected chi connectivity index (χ4v) is 2.08. The van der Waals surface area contributed by atoms with E-state index >= 15 is 0 Å². The van der Waals surface area contributed by atoms with Crippen molar-refractivity contribution in [2.24, 2.45) is 5.92 Å². The van der Waals surface area contributed by atoms with Crippen molar-refractivity contribution < 1.29 is 9.59 Å². The molecule has 1 fully saturated rings. The summed E-state index contributed by atoms with van der Waals surface area (Å²) >= 11 is 0. The Morgan fingerprint density at radius 2 is 2.22 bits per heavy atom. The normalized spacial score (nSPS) is 20.0. The summed E-state index contributed by atoms with van der Waals surface area (Å²) < 4.78 is 0. The number of nitrogens with zero attached hydrogens (tertiary/aromatic N) is 2. The van der Waals surface area contributed by atoms with Crippen LogP contribution in [0.4, 0.5) is 0 Å². The van der Waals surface area contributed by atoms with Gasteiger partial charge in [-0.1, -0.05) is 6.92 Å². The number of likely N-dealkylation sites (tertiary alicyclic amines) is 1. The summed E-state index contributed by atoms with van der Waals surface area (Å²) in [7, 11) is 2.02. The van der Waals surface area contributed by atoms with Gasteiger partial charge in [-0.3, -0.25) is 9.59 Å². The van der Waals surface area contributed by atoms with Crippen LogP contribution in [0.1, 0.15) is 27.2 Å². The van der Waals surface area contributed by atoms with Crippen molar-refractivity contribution in [2.75, 3.05) is 33.2 Å². The van der Waals surface area contributed by atoms with Gasteiger partial charge < -0.3 is 15.1 Å². The molecular formula is C13H25N3O2. The van der Waals surface area contributed by atoms with Crippen LogP contribution in [0, 0.1) is 5.92 Å². The predicted molar refractivity (Wildman–Crippen MR) is 71.1 cm³/mol. The molecule has 2 amide bonds. The molecule has 5 heteroatoms. The van der Waals surface area contributed by atoms with Gasteiger partial charge in [0.15, 0.2) is 0 Å². The van der Waals surface area contributed by atoms with Gasteiger partial charge in [-0.15, -0.1) is 0 Å². The summed E-state index contributed by atoms with van der Waals surface area (Å²) in [6, 6.07) is 0.182. The van der Waals surface area contributed by atoms with Crippen molar-refractivity contribution in [1.82, 2.24) is 15.1 Å². The molecule has 0 spiro atoms. The molecule has 104 valence electrons. The predicted octanol–water partition coefficient (Wildman–Crippen LogP) is 0.311. The molecule has 1 heterocycles. The Morgan fingerprint density at radius 1 is 1.56 bits per heavy atom. The monoisotopic (exact) mass is 255 g/mol. The van der Waals surface area contributed by atoms with Crippen LogP contribution in [0.2, 0.25) is 0 Å². The number of hydrogen-bond acceptors (Lipinski definition) is 3. The van der Waals surface area contributed by atoms with Gasteiger partial charge >= 0.3 is 0 Å². The van der Waals surface area contributed by atoms with E-state index in [1.54, 1.807) is 4.90 Å². The van der Waals surface area contributed by atoms with Gasteiger partial charge in [0.2, 0.25) is 11.8 Å². The van der Waals surface area contributed by atoms with E-state index in [-0.39, 0.29) is 23.8 Å². The number of carbonyl (C=O) groups excluding carboxylic acids is 2. The van der Waals surface area contributed by atoms with E-state index in [4.69, 9.17) is 0 Å². The molecule has 1 rings (SSSR count). The van der Waals surface area contributed by atoms with Gasteiger partial charge in [-0.05, 0) is 27.4 Å². The highest BCUT2D eigenvalue weighted by Gasteiger charge is 2.35. The molecule has 0 radical (unpaired) electrons. The van der Waals surface area contributed by atoms with Crippen molar-refractivity contribution in [1.29, 1.82) is 0 Å². The minimum absolute atomic E-state index is 0.0102. The van der Waals surface area contributed by atoms with Gasteiger partial charge in [0.1, 0.15) is 0 Å². The standard InChI is InChI=1S/C13H25N3O2/c1-5-15(4)7-6-14-13(18)11-8-12(17)16(9-11)10(2)3/h10-11H,5-9H2,1-4H3,(H,14,18)/t11-/m0/s1. The fraction of sp³-hybridized carbons (Fsp3) is 0.846. The van der Waals surface area contributed by atoms with Crippen LogP contribution >= 0.6 is 0 Å². The van der Waals surface area contributed by atoms with Crippen LogP contribution in [0.3, 0.4) is 0 Å². The highest BCUT2D eigenvalue weighted by molar-refractivity contribution is 5.89. The minimum Gasteiger partial charge on any atom is -0.355 e. The lowest BCUT2D eigenvalue weighted by atomic mass is 10.1. The van der Waals surface area contributed by atoms with Crippen molar-refractivity contribution >= 4 is 11.8 Å². The molecule has 5 nitrogen and oxygen atoms in total. The zero-order chi connectivity index (χ0) is 13.7. The lowest BCUT2D eigenvalue weighted by molar-refractivity contribution is -0.129. The van der Waals surface area contributed by atoms with E-state index in [0.29, 0.717) is 19.5 Å². The number of nitrogens with one attached hydrogen (secondary N) is 1. The highest BCUT2D eigenvalue weighted by Crippen LogP contribution is 2.19. The highest BCUT2D eigenvalue weighted by atomic mass is 16.2. The van der Waals surface area contributed by atoms with Gasteiger partial charge in [-0.2, -0.15) is 0 Å². The molecule has 1 aliphatic rings. The molecule has 0 aromatic rings. The molecule has 1 atom stereocenters. The Kier molecular flexibility index (Phi) is 5.59. The Labute approximate surface area is 110 Å². The third-order valence-corrected chi connectivity index (χ3v) is 3.49. The molecule has 0 aromatic carbocycles. The SMILES string of the molecule is CCN(C)CCNC(=O)[C@H]1CC(=O)N(C(C)C)C1. The van der Waals surface area contributed by atoms with Crippen LogP contribution < -0.4 is 5.32 Å². The van der Waals surface area contributed by atoms with E-state index < -0.39 is 0 Å². The van der Waals surface area contributed by atoms with Gasteiger partial charge in [0.25, 0.3) is 0 Å². The Morgan fingerprint density at radius 3 is 2.72 bits per heavy atom. The van der Waals surface area contributed by atoms with Gasteiger partial charge in [0, 0.05) is 32.1 Å². The molecule has 0 bridgehead atoms. The van der Waals surface area contributed by atoms with E-state index in [2.05, 4.69) is 17.1 Å². The Bertz CT molecular complexity index is 305. The van der Waals surface area contributed by atoms with Crippen LogP contribution in [-0.4, -0.2) is 60.9 Å². The van der Waals surface area contributed by atoms with Crippen LogP contribution in [0.5, 0.6) is 0 Å². The maximum atomic E-state index is 11.9. The molecule has 0 aromatic heterocycles. The van der Waals surface area contributed by atoms with Crippen LogP contribution in [-0.2, 0) is 9.59 Å². The topological polar surface area (TPSA) is 52.7 Å². The zero-order valence-electron chi connectivity index (χ0n) is 11.9. The summed E-state index contributed by atoms with van der Waals surface area (Å²) in [5.41, 5.74) is 0. The average Bonchev–Trinajstić information content (AvgIpc) is 2.71. The smallest absolute Gasteiger partial charge is 0.225 e. The zero-order valence-corrected chi connectivity index (χ0v) is 11.9. The molecule has 0 aliphatic carbocycles. The Hall–Kier alpha value is -1.10. The molecule has 1 aliphatic heterocycles. The van der Waals surface area contributed by atoms with E-state index in [1.807, 2.05) is 20.9 Å². The van der Waals surface area contributed by atoms with Gasteiger partial charge in [-0.25, -0.2) is 0 Å². The van der Waals surface area contributed by atoms with Crippen LogP contribution in [0.15, 0.2) is 0 Å². The third kappa shape index (κ3) is 3.98. The fourth-order valence-electron chi connectivity index (χ4n) is 2.08. The summed E-state index contributed by atoms with van der Waals surface area (Å²) in [6.45, 7) is 9.07. The van der Waals surface area contributed by atoms with Crippen molar-refractivity contribution in [3.63, 3.8) is 0 Å². The third-order valence-electron chi connectivity index (χ3n) is 3.49. The number of rotatable bonds is 6. The molecule has 1 N–H and O–H groups in total.